The maximum atomic E-state index is 12.6. The van der Waals surface area contributed by atoms with E-state index in [0.29, 0.717) is 28.3 Å². The highest BCUT2D eigenvalue weighted by Gasteiger charge is 2.17. The monoisotopic (exact) mass is 477 g/mol. The Labute approximate surface area is 199 Å². The summed E-state index contributed by atoms with van der Waals surface area (Å²) in [7, 11) is 0. The van der Waals surface area contributed by atoms with Gasteiger partial charge < -0.3 is 14.8 Å². The summed E-state index contributed by atoms with van der Waals surface area (Å²) in [5.74, 6) is 0.00206. The number of allylic oxidation sites excluding steroid dienone is 1. The summed E-state index contributed by atoms with van der Waals surface area (Å²) >= 11 is 12.1. The van der Waals surface area contributed by atoms with Crippen LogP contribution in [0.4, 0.5) is 0 Å². The number of H-pyrrole nitrogens is 1. The lowest BCUT2D eigenvalue weighted by atomic mass is 10.1. The molecular formula is C25H17Cl2N3O3. The molecule has 0 aliphatic rings. The molecule has 6 nitrogen and oxygen atoms in total. The van der Waals surface area contributed by atoms with Crippen LogP contribution in [-0.4, -0.2) is 15.1 Å². The van der Waals surface area contributed by atoms with Crippen molar-refractivity contribution in [3.63, 3.8) is 0 Å². The zero-order chi connectivity index (χ0) is 23.5. The zero-order valence-electron chi connectivity index (χ0n) is 17.4. The molecular weight excluding hydrogens is 461 g/mol. The molecule has 0 atom stereocenters. The first-order valence-electron chi connectivity index (χ1n) is 9.87. The third kappa shape index (κ3) is 4.85. The van der Waals surface area contributed by atoms with Crippen LogP contribution in [0, 0.1) is 18.3 Å². The van der Waals surface area contributed by atoms with Gasteiger partial charge in [0, 0.05) is 16.7 Å². The van der Waals surface area contributed by atoms with Crippen LogP contribution >= 0.6 is 23.2 Å². The fraction of sp³-hybridized carbons (Fsp3) is 0.0800. The second kappa shape index (κ2) is 9.37. The Morgan fingerprint density at radius 2 is 1.88 bits per heavy atom. The summed E-state index contributed by atoms with van der Waals surface area (Å²) in [5.41, 5.74) is 1.98. The molecule has 164 valence electrons. The van der Waals surface area contributed by atoms with Crippen molar-refractivity contribution < 1.29 is 9.84 Å². The van der Waals surface area contributed by atoms with Gasteiger partial charge in [-0.25, -0.2) is 4.98 Å². The molecule has 1 heterocycles. The van der Waals surface area contributed by atoms with Crippen LogP contribution in [0.5, 0.6) is 5.75 Å². The van der Waals surface area contributed by atoms with E-state index in [4.69, 9.17) is 27.9 Å². The molecule has 0 bridgehead atoms. The Kier molecular flexibility index (Phi) is 6.36. The maximum absolute atomic E-state index is 12.6. The van der Waals surface area contributed by atoms with Gasteiger partial charge in [0.15, 0.2) is 5.82 Å². The Bertz CT molecular complexity index is 1490. The smallest absolute Gasteiger partial charge is 0.259 e. The highest BCUT2D eigenvalue weighted by Crippen LogP contribution is 2.30. The average molecular weight is 478 g/mol. The molecule has 33 heavy (non-hydrogen) atoms. The van der Waals surface area contributed by atoms with E-state index in [2.05, 4.69) is 9.97 Å². The number of aryl methyl sites for hydroxylation is 1. The summed E-state index contributed by atoms with van der Waals surface area (Å²) < 4.78 is 5.84. The lowest BCUT2D eigenvalue weighted by molar-refractivity contribution is 0.306. The van der Waals surface area contributed by atoms with Crippen molar-refractivity contribution in [3.05, 3.63) is 104 Å². The first-order chi connectivity index (χ1) is 15.9. The van der Waals surface area contributed by atoms with E-state index in [1.165, 1.54) is 18.2 Å². The van der Waals surface area contributed by atoms with Gasteiger partial charge in [0.1, 0.15) is 29.8 Å². The molecule has 0 saturated carbocycles. The van der Waals surface area contributed by atoms with Crippen molar-refractivity contribution in [1.29, 1.82) is 5.26 Å². The third-order valence-electron chi connectivity index (χ3n) is 4.98. The van der Waals surface area contributed by atoms with Gasteiger partial charge in [-0.3, -0.25) is 4.79 Å². The molecule has 0 aliphatic heterocycles. The predicted octanol–water partition coefficient (Wildman–Crippen LogP) is 6.07. The van der Waals surface area contributed by atoms with Crippen LogP contribution < -0.4 is 10.3 Å². The van der Waals surface area contributed by atoms with Crippen molar-refractivity contribution in [1.82, 2.24) is 9.97 Å². The maximum Gasteiger partial charge on any atom is 0.259 e. The molecule has 1 aromatic heterocycles. The van der Waals surface area contributed by atoms with Crippen molar-refractivity contribution >= 4 is 45.4 Å². The van der Waals surface area contributed by atoms with Crippen molar-refractivity contribution in [2.24, 2.45) is 0 Å². The number of nitrogens with one attached hydrogen (secondary N) is 1. The van der Waals surface area contributed by atoms with Gasteiger partial charge in [-0.1, -0.05) is 53.0 Å². The Hall–Kier alpha value is -3.79. The fourth-order valence-corrected chi connectivity index (χ4v) is 3.71. The number of nitriles is 1. The van der Waals surface area contributed by atoms with Crippen LogP contribution in [0.1, 0.15) is 22.5 Å². The molecule has 4 rings (SSSR count). The average Bonchev–Trinajstić information content (AvgIpc) is 2.79. The predicted molar refractivity (Wildman–Crippen MR) is 129 cm³/mol. The topological polar surface area (TPSA) is 99.0 Å². The lowest BCUT2D eigenvalue weighted by Crippen LogP contribution is -2.12. The Morgan fingerprint density at radius 3 is 2.58 bits per heavy atom. The summed E-state index contributed by atoms with van der Waals surface area (Å²) in [6, 6.07) is 19.2. The SMILES string of the molecule is Cc1ccc(COc2ccc3c(=O)[nH]c(/C(C#N)=C(\O)c4ccc(Cl)cc4Cl)nc3c2)cc1. The van der Waals surface area contributed by atoms with Crippen LogP contribution in [0.2, 0.25) is 10.0 Å². The van der Waals surface area contributed by atoms with E-state index in [0.717, 1.165) is 11.1 Å². The van der Waals surface area contributed by atoms with Gasteiger partial charge in [-0.05, 0) is 42.8 Å². The number of fused-ring (bicyclic) bond motifs is 1. The minimum Gasteiger partial charge on any atom is -0.506 e. The van der Waals surface area contributed by atoms with E-state index in [1.807, 2.05) is 37.3 Å². The number of aliphatic hydroxyl groups is 1. The van der Waals surface area contributed by atoms with Gasteiger partial charge in [0.05, 0.1) is 15.9 Å². The molecule has 0 amide bonds. The highest BCUT2D eigenvalue weighted by molar-refractivity contribution is 6.35. The highest BCUT2D eigenvalue weighted by atomic mass is 35.5. The standard InChI is InChI=1S/C25H17Cl2N3O3/c1-14-2-4-15(5-3-14)13-33-17-7-9-19-22(11-17)29-24(30-25(19)32)20(12-28)23(31)18-8-6-16(26)10-21(18)27/h2-11,31H,13H2,1H3,(H,29,30,32)/b23-20-. The molecule has 8 heteroatoms. The van der Waals surface area contributed by atoms with E-state index >= 15 is 0 Å². The van der Waals surface area contributed by atoms with Crippen molar-refractivity contribution in [2.45, 2.75) is 13.5 Å². The molecule has 0 saturated heterocycles. The summed E-state index contributed by atoms with van der Waals surface area (Å²) in [5, 5.41) is 21.2. The number of aliphatic hydroxyl groups excluding tert-OH is 1. The number of hydrogen-bond acceptors (Lipinski definition) is 5. The molecule has 2 N–H and O–H groups in total. The van der Waals surface area contributed by atoms with Crippen LogP contribution in [-0.2, 0) is 6.61 Å². The zero-order valence-corrected chi connectivity index (χ0v) is 18.9. The quantitative estimate of drug-likeness (QED) is 0.268. The lowest BCUT2D eigenvalue weighted by Gasteiger charge is -2.09. The Balaban J connectivity index is 1.72. The number of rotatable bonds is 5. The summed E-state index contributed by atoms with van der Waals surface area (Å²) in [6.07, 6.45) is 0. The fourth-order valence-electron chi connectivity index (χ4n) is 3.21. The molecule has 0 fully saturated rings. The minimum absolute atomic E-state index is 0.0887. The number of hydrogen-bond donors (Lipinski definition) is 2. The van der Waals surface area contributed by atoms with Gasteiger partial charge in [-0.15, -0.1) is 0 Å². The first kappa shape index (κ1) is 22.4. The number of ether oxygens (including phenoxy) is 1. The van der Waals surface area contributed by atoms with Gasteiger partial charge in [-0.2, -0.15) is 5.26 Å². The summed E-state index contributed by atoms with van der Waals surface area (Å²) in [4.78, 5) is 19.6. The third-order valence-corrected chi connectivity index (χ3v) is 5.52. The van der Waals surface area contributed by atoms with Crippen molar-refractivity contribution in [3.8, 4) is 11.8 Å². The largest absolute Gasteiger partial charge is 0.506 e. The number of aromatic nitrogens is 2. The number of aromatic amines is 1. The molecule has 0 unspecified atom stereocenters. The van der Waals surface area contributed by atoms with E-state index in [9.17, 15) is 15.2 Å². The molecule has 4 aromatic rings. The van der Waals surface area contributed by atoms with Crippen molar-refractivity contribution in [2.75, 3.05) is 0 Å². The second-order valence-corrected chi connectivity index (χ2v) is 8.17. The normalized spacial score (nSPS) is 11.7. The van der Waals surface area contributed by atoms with E-state index in [-0.39, 0.29) is 22.0 Å². The second-order valence-electron chi connectivity index (χ2n) is 7.33. The van der Waals surface area contributed by atoms with Crippen LogP contribution in [0.3, 0.4) is 0 Å². The van der Waals surface area contributed by atoms with E-state index < -0.39 is 11.3 Å². The molecule has 0 radical (unpaired) electrons. The Morgan fingerprint density at radius 1 is 1.12 bits per heavy atom. The number of nitrogens with zero attached hydrogens (tertiary/aromatic N) is 2. The number of halogens is 2. The molecule has 0 spiro atoms. The number of benzene rings is 3. The molecule has 0 aliphatic carbocycles. The van der Waals surface area contributed by atoms with Crippen LogP contribution in [0.25, 0.3) is 22.2 Å². The summed E-state index contributed by atoms with van der Waals surface area (Å²) in [6.45, 7) is 2.36. The van der Waals surface area contributed by atoms with Crippen LogP contribution in [0.15, 0.2) is 65.5 Å². The van der Waals surface area contributed by atoms with E-state index in [1.54, 1.807) is 18.2 Å². The minimum atomic E-state index is -0.456. The first-order valence-corrected chi connectivity index (χ1v) is 10.6. The molecule has 3 aromatic carbocycles. The van der Waals surface area contributed by atoms with Gasteiger partial charge in [0.2, 0.25) is 0 Å². The van der Waals surface area contributed by atoms with Gasteiger partial charge in [0.25, 0.3) is 5.56 Å². The van der Waals surface area contributed by atoms with Gasteiger partial charge >= 0.3 is 0 Å².